The zero-order valence-corrected chi connectivity index (χ0v) is 20.0. The molecule has 0 fully saturated rings. The van der Waals surface area contributed by atoms with Crippen LogP contribution < -0.4 is 21.7 Å². The molecule has 0 bridgehead atoms. The summed E-state index contributed by atoms with van der Waals surface area (Å²) in [5.41, 5.74) is 5.88. The molecular formula is C20H38N4O6S. The van der Waals surface area contributed by atoms with Crippen LogP contribution in [-0.4, -0.2) is 76.2 Å². The molecule has 0 aliphatic rings. The number of amides is 3. The van der Waals surface area contributed by atoms with Crippen LogP contribution in [0.25, 0.3) is 0 Å². The van der Waals surface area contributed by atoms with Crippen LogP contribution in [0, 0.1) is 11.8 Å². The first-order valence-electron chi connectivity index (χ1n) is 10.4. The summed E-state index contributed by atoms with van der Waals surface area (Å²) in [6, 6.07) is -4.20. The molecule has 0 saturated carbocycles. The van der Waals surface area contributed by atoms with Crippen molar-refractivity contribution in [3.8, 4) is 0 Å². The minimum atomic E-state index is -1.51. The van der Waals surface area contributed by atoms with Crippen molar-refractivity contribution in [2.45, 2.75) is 77.7 Å². The van der Waals surface area contributed by atoms with E-state index in [-0.39, 0.29) is 18.3 Å². The number of aliphatic hydroxyl groups is 1. The van der Waals surface area contributed by atoms with Crippen LogP contribution >= 0.6 is 11.8 Å². The minimum Gasteiger partial charge on any atom is -0.480 e. The van der Waals surface area contributed by atoms with Crippen LogP contribution in [0.2, 0.25) is 0 Å². The van der Waals surface area contributed by atoms with Crippen molar-refractivity contribution in [2.75, 3.05) is 12.0 Å². The lowest BCUT2D eigenvalue weighted by Gasteiger charge is -2.28. The Kier molecular flexibility index (Phi) is 13.4. The molecule has 5 atom stereocenters. The van der Waals surface area contributed by atoms with Crippen LogP contribution in [0.1, 0.15) is 47.5 Å². The van der Waals surface area contributed by atoms with Gasteiger partial charge in [-0.2, -0.15) is 11.8 Å². The fraction of sp³-hybridized carbons (Fsp3) is 0.800. The van der Waals surface area contributed by atoms with Gasteiger partial charge in [-0.05, 0) is 43.6 Å². The van der Waals surface area contributed by atoms with E-state index in [2.05, 4.69) is 16.0 Å². The molecule has 0 aliphatic carbocycles. The second-order valence-electron chi connectivity index (χ2n) is 8.37. The van der Waals surface area contributed by atoms with Gasteiger partial charge >= 0.3 is 5.97 Å². The predicted molar refractivity (Wildman–Crippen MR) is 120 cm³/mol. The molecule has 11 heteroatoms. The Labute approximate surface area is 188 Å². The van der Waals surface area contributed by atoms with Gasteiger partial charge in [-0.15, -0.1) is 0 Å². The van der Waals surface area contributed by atoms with Gasteiger partial charge in [0.2, 0.25) is 17.7 Å². The molecule has 0 aromatic carbocycles. The monoisotopic (exact) mass is 462 g/mol. The van der Waals surface area contributed by atoms with E-state index in [1.54, 1.807) is 25.6 Å². The summed E-state index contributed by atoms with van der Waals surface area (Å²) in [6.07, 6.45) is 1.30. The lowest BCUT2D eigenvalue weighted by molar-refractivity contribution is -0.145. The molecule has 0 aliphatic heterocycles. The van der Waals surface area contributed by atoms with Gasteiger partial charge < -0.3 is 31.9 Å². The summed E-state index contributed by atoms with van der Waals surface area (Å²) in [7, 11) is 0. The third kappa shape index (κ3) is 10.8. The number of hydrogen-bond donors (Lipinski definition) is 6. The molecule has 0 aromatic heterocycles. The Morgan fingerprint density at radius 3 is 1.87 bits per heavy atom. The number of nitrogens with two attached hydrogens (primary N) is 1. The van der Waals surface area contributed by atoms with E-state index in [1.165, 1.54) is 6.92 Å². The molecule has 3 amide bonds. The normalized spacial score (nSPS) is 16.2. The molecular weight excluding hydrogens is 424 g/mol. The van der Waals surface area contributed by atoms with Crippen LogP contribution in [0.5, 0.6) is 0 Å². The lowest BCUT2D eigenvalue weighted by atomic mass is 9.99. The lowest BCUT2D eigenvalue weighted by Crippen LogP contribution is -2.59. The first-order valence-corrected chi connectivity index (χ1v) is 11.8. The molecule has 0 spiro atoms. The van der Waals surface area contributed by atoms with Crippen molar-refractivity contribution in [3.63, 3.8) is 0 Å². The van der Waals surface area contributed by atoms with Crippen molar-refractivity contribution in [1.29, 1.82) is 0 Å². The Balaban J connectivity index is 5.37. The molecule has 31 heavy (non-hydrogen) atoms. The second kappa shape index (κ2) is 14.3. The Hall–Kier alpha value is -1.85. The zero-order valence-electron chi connectivity index (χ0n) is 19.2. The first-order chi connectivity index (χ1) is 14.3. The van der Waals surface area contributed by atoms with Gasteiger partial charge in [0.1, 0.15) is 12.1 Å². The van der Waals surface area contributed by atoms with Crippen LogP contribution in [0.3, 0.4) is 0 Å². The molecule has 0 aromatic rings. The summed E-state index contributed by atoms with van der Waals surface area (Å²) in [5.74, 6) is -2.68. The maximum absolute atomic E-state index is 12.9. The Bertz CT molecular complexity index is 614. The molecule has 0 rings (SSSR count). The van der Waals surface area contributed by atoms with Crippen LogP contribution in [-0.2, 0) is 19.2 Å². The maximum atomic E-state index is 12.9. The average molecular weight is 463 g/mol. The highest BCUT2D eigenvalue weighted by molar-refractivity contribution is 7.98. The van der Waals surface area contributed by atoms with Gasteiger partial charge in [0, 0.05) is 0 Å². The van der Waals surface area contributed by atoms with Gasteiger partial charge in [0.05, 0.1) is 12.1 Å². The number of carbonyl (C=O) groups excluding carboxylic acids is 3. The van der Waals surface area contributed by atoms with Gasteiger partial charge in [0.15, 0.2) is 6.04 Å². The molecule has 0 heterocycles. The third-order valence-electron chi connectivity index (χ3n) is 4.60. The molecule has 5 unspecified atom stereocenters. The smallest absolute Gasteiger partial charge is 0.328 e. The number of carboxylic acids is 1. The second-order valence-corrected chi connectivity index (χ2v) is 9.36. The number of rotatable bonds is 14. The Morgan fingerprint density at radius 2 is 1.45 bits per heavy atom. The highest BCUT2D eigenvalue weighted by atomic mass is 32.2. The fourth-order valence-electron chi connectivity index (χ4n) is 2.78. The van der Waals surface area contributed by atoms with E-state index in [9.17, 15) is 29.4 Å². The number of thioether (sulfide) groups is 1. The number of hydrogen-bond acceptors (Lipinski definition) is 7. The predicted octanol–water partition coefficient (Wildman–Crippen LogP) is -0.311. The molecule has 7 N–H and O–H groups in total. The van der Waals surface area contributed by atoms with Crippen LogP contribution in [0.15, 0.2) is 0 Å². The molecule has 0 radical (unpaired) electrons. The largest absolute Gasteiger partial charge is 0.480 e. The zero-order chi connectivity index (χ0) is 24.3. The van der Waals surface area contributed by atoms with Crippen molar-refractivity contribution in [3.05, 3.63) is 0 Å². The third-order valence-corrected chi connectivity index (χ3v) is 5.25. The van der Waals surface area contributed by atoms with Crippen molar-refractivity contribution in [1.82, 2.24) is 16.0 Å². The number of aliphatic carboxylic acids is 1. The topological polar surface area (TPSA) is 171 Å². The minimum absolute atomic E-state index is 0.0120. The highest BCUT2D eigenvalue weighted by Gasteiger charge is 2.33. The van der Waals surface area contributed by atoms with Crippen molar-refractivity contribution < 1.29 is 29.4 Å². The molecule has 0 saturated heterocycles. The van der Waals surface area contributed by atoms with Crippen molar-refractivity contribution >= 4 is 35.5 Å². The van der Waals surface area contributed by atoms with E-state index < -0.39 is 54.0 Å². The summed E-state index contributed by atoms with van der Waals surface area (Å²) >= 11 is 1.56. The summed E-state index contributed by atoms with van der Waals surface area (Å²) in [5, 5.41) is 26.3. The Morgan fingerprint density at radius 1 is 0.903 bits per heavy atom. The van der Waals surface area contributed by atoms with E-state index in [4.69, 9.17) is 5.73 Å². The van der Waals surface area contributed by atoms with Crippen molar-refractivity contribution in [2.24, 2.45) is 17.6 Å². The molecule has 10 nitrogen and oxygen atoms in total. The number of carbonyl (C=O) groups is 4. The maximum Gasteiger partial charge on any atom is 0.328 e. The van der Waals surface area contributed by atoms with Crippen LogP contribution in [0.4, 0.5) is 0 Å². The summed E-state index contributed by atoms with van der Waals surface area (Å²) < 4.78 is 0. The van der Waals surface area contributed by atoms with Gasteiger partial charge in [-0.1, -0.05) is 27.7 Å². The van der Waals surface area contributed by atoms with E-state index in [1.807, 2.05) is 20.1 Å². The van der Waals surface area contributed by atoms with E-state index in [0.29, 0.717) is 12.2 Å². The standard InChI is InChI=1S/C20H38N4O6S/c1-10(2)9-14(18(27)24-16(12(5)25)20(29)30)22-19(28)15(11(3)4)23-17(26)13(21)7-8-31-6/h10-16,25H,7-9,21H2,1-6H3,(H,22,28)(H,23,26)(H,24,27)(H,29,30). The van der Waals surface area contributed by atoms with Gasteiger partial charge in [-0.25, -0.2) is 4.79 Å². The van der Waals surface area contributed by atoms with Gasteiger partial charge in [-0.3, -0.25) is 14.4 Å². The molecule has 180 valence electrons. The number of aliphatic hydroxyl groups excluding tert-OH is 1. The van der Waals surface area contributed by atoms with E-state index >= 15 is 0 Å². The highest BCUT2D eigenvalue weighted by Crippen LogP contribution is 2.09. The first kappa shape index (κ1) is 29.1. The SMILES string of the molecule is CSCCC(N)C(=O)NC(C(=O)NC(CC(C)C)C(=O)NC(C(=O)O)C(C)O)C(C)C. The average Bonchev–Trinajstić information content (AvgIpc) is 2.65. The van der Waals surface area contributed by atoms with Gasteiger partial charge in [0.25, 0.3) is 0 Å². The number of carboxylic acid groups (broad SMARTS) is 1. The summed E-state index contributed by atoms with van der Waals surface area (Å²) in [4.78, 5) is 49.2. The quantitative estimate of drug-likeness (QED) is 0.204. The summed E-state index contributed by atoms with van der Waals surface area (Å²) in [6.45, 7) is 8.46. The fourth-order valence-corrected chi connectivity index (χ4v) is 3.27. The van der Waals surface area contributed by atoms with E-state index in [0.717, 1.165) is 0 Å². The number of nitrogens with one attached hydrogen (secondary N) is 3.